The maximum Gasteiger partial charge on any atom is 0.308 e. The summed E-state index contributed by atoms with van der Waals surface area (Å²) in [4.78, 5) is 29.2. The lowest BCUT2D eigenvalue weighted by atomic mass is 9.96. The van der Waals surface area contributed by atoms with Gasteiger partial charge in [0.2, 0.25) is 4.96 Å². The zero-order chi connectivity index (χ0) is 22.8. The first kappa shape index (κ1) is 21.9. The number of hydrogen-bond acceptors (Lipinski definition) is 6. The Kier molecular flexibility index (Phi) is 6.19. The minimum absolute atomic E-state index is 0.0116. The van der Waals surface area contributed by atoms with Crippen molar-refractivity contribution in [2.75, 3.05) is 0 Å². The van der Waals surface area contributed by atoms with Gasteiger partial charge in [0, 0.05) is 12.8 Å². The van der Waals surface area contributed by atoms with E-state index in [1.165, 1.54) is 28.3 Å². The summed E-state index contributed by atoms with van der Waals surface area (Å²) in [5.74, 6) is 1.29. The van der Waals surface area contributed by atoms with Crippen LogP contribution in [0.25, 0.3) is 11.0 Å². The lowest BCUT2D eigenvalue weighted by Crippen LogP contribution is -2.24. The van der Waals surface area contributed by atoms with Crippen LogP contribution in [0.15, 0.2) is 53.3 Å². The predicted molar refractivity (Wildman–Crippen MR) is 126 cm³/mol. The summed E-state index contributed by atoms with van der Waals surface area (Å²) in [7, 11) is 0. The quantitative estimate of drug-likeness (QED) is 0.330. The number of thiazole rings is 1. The number of ether oxygens (including phenoxy) is 1. The summed E-state index contributed by atoms with van der Waals surface area (Å²) in [6.07, 6.45) is 2.81. The third kappa shape index (κ3) is 4.78. The second-order valence-electron chi connectivity index (χ2n) is 8.31. The average Bonchev–Trinajstić information content (AvgIpc) is 3.27. The van der Waals surface area contributed by atoms with E-state index in [1.54, 1.807) is 24.3 Å². The Labute approximate surface area is 190 Å². The van der Waals surface area contributed by atoms with Gasteiger partial charge in [0.05, 0.1) is 4.53 Å². The molecule has 1 unspecified atom stereocenters. The van der Waals surface area contributed by atoms with Crippen LogP contribution in [0.4, 0.5) is 0 Å². The topological polar surface area (TPSA) is 73.6 Å². The Morgan fingerprint density at radius 2 is 1.91 bits per heavy atom. The number of fused-ring (bicyclic) bond motifs is 1. The van der Waals surface area contributed by atoms with Crippen LogP contribution in [0.5, 0.6) is 5.75 Å². The molecule has 2 aromatic heterocycles. The fourth-order valence-electron chi connectivity index (χ4n) is 3.58. The van der Waals surface area contributed by atoms with Gasteiger partial charge in [-0.05, 0) is 47.2 Å². The highest BCUT2D eigenvalue weighted by molar-refractivity contribution is 7.15. The molecule has 0 aliphatic carbocycles. The number of aromatic nitrogens is 3. The molecule has 2 aromatic carbocycles. The SMILES string of the molecule is CC(=O)Oc1cccc(/C=c2\sc3nc(C(C)c4ccc(CC(C)C)cc4)nn3c2=O)c1. The molecule has 0 fully saturated rings. The first-order valence-electron chi connectivity index (χ1n) is 10.6. The van der Waals surface area contributed by atoms with E-state index in [0.29, 0.717) is 27.0 Å². The van der Waals surface area contributed by atoms with Gasteiger partial charge in [-0.2, -0.15) is 4.52 Å². The van der Waals surface area contributed by atoms with Crippen LogP contribution in [0.1, 0.15) is 56.1 Å². The molecule has 0 N–H and O–H groups in total. The lowest BCUT2D eigenvalue weighted by Gasteiger charge is -2.10. The summed E-state index contributed by atoms with van der Waals surface area (Å²) in [6, 6.07) is 15.6. The van der Waals surface area contributed by atoms with Crippen LogP contribution in [-0.2, 0) is 11.2 Å². The molecule has 0 aliphatic rings. The maximum atomic E-state index is 12.9. The summed E-state index contributed by atoms with van der Waals surface area (Å²) in [5.41, 5.74) is 2.99. The second-order valence-corrected chi connectivity index (χ2v) is 9.32. The molecule has 0 saturated carbocycles. The predicted octanol–water partition coefficient (Wildman–Crippen LogP) is 3.97. The van der Waals surface area contributed by atoms with Crippen LogP contribution >= 0.6 is 11.3 Å². The van der Waals surface area contributed by atoms with E-state index in [0.717, 1.165) is 17.5 Å². The van der Waals surface area contributed by atoms with Crippen molar-refractivity contribution >= 4 is 28.3 Å². The molecule has 0 amide bonds. The number of hydrogen-bond donors (Lipinski definition) is 0. The number of rotatable bonds is 6. The molecular weight excluding hydrogens is 422 g/mol. The van der Waals surface area contributed by atoms with Crippen molar-refractivity contribution in [2.24, 2.45) is 5.92 Å². The highest BCUT2D eigenvalue weighted by Gasteiger charge is 2.17. The number of esters is 1. The molecule has 0 bridgehead atoms. The Morgan fingerprint density at radius 1 is 1.16 bits per heavy atom. The van der Waals surface area contributed by atoms with E-state index in [2.05, 4.69) is 55.1 Å². The monoisotopic (exact) mass is 447 g/mol. The molecule has 164 valence electrons. The normalized spacial score (nSPS) is 13.1. The van der Waals surface area contributed by atoms with Gasteiger partial charge in [0.1, 0.15) is 5.75 Å². The summed E-state index contributed by atoms with van der Waals surface area (Å²) >= 11 is 1.29. The van der Waals surface area contributed by atoms with Crippen LogP contribution in [0, 0.1) is 5.92 Å². The summed E-state index contributed by atoms with van der Waals surface area (Å²) in [5, 5.41) is 4.49. The highest BCUT2D eigenvalue weighted by Crippen LogP contribution is 2.23. The van der Waals surface area contributed by atoms with Crippen LogP contribution in [0.2, 0.25) is 0 Å². The maximum absolute atomic E-state index is 12.9. The number of carbonyl (C=O) groups excluding carboxylic acids is 1. The zero-order valence-electron chi connectivity index (χ0n) is 18.5. The minimum atomic E-state index is -0.387. The molecule has 0 radical (unpaired) electrons. The summed E-state index contributed by atoms with van der Waals surface area (Å²) < 4.78 is 7.01. The first-order valence-corrected chi connectivity index (χ1v) is 11.4. The second kappa shape index (κ2) is 9.04. The van der Waals surface area contributed by atoms with Gasteiger partial charge in [-0.15, -0.1) is 5.10 Å². The van der Waals surface area contributed by atoms with Gasteiger partial charge in [-0.25, -0.2) is 4.98 Å². The smallest absolute Gasteiger partial charge is 0.308 e. The highest BCUT2D eigenvalue weighted by atomic mass is 32.1. The molecule has 2 heterocycles. The van der Waals surface area contributed by atoms with Gasteiger partial charge < -0.3 is 4.74 Å². The molecule has 32 heavy (non-hydrogen) atoms. The Balaban J connectivity index is 1.61. The molecule has 1 atom stereocenters. The molecule has 0 aliphatic heterocycles. The standard InChI is InChI=1S/C25H25N3O3S/c1-15(2)12-18-8-10-20(11-9-18)16(3)23-26-25-28(27-23)24(30)22(32-25)14-19-6-5-7-21(13-19)31-17(4)29/h5-11,13-16H,12H2,1-4H3/b22-14-. The van der Waals surface area contributed by atoms with Crippen molar-refractivity contribution in [3.63, 3.8) is 0 Å². The molecule has 0 saturated heterocycles. The third-order valence-electron chi connectivity index (χ3n) is 5.13. The van der Waals surface area contributed by atoms with Crippen LogP contribution < -0.4 is 14.8 Å². The molecule has 4 rings (SSSR count). The molecular formula is C25H25N3O3S. The Hall–Kier alpha value is -3.32. The van der Waals surface area contributed by atoms with E-state index in [1.807, 2.05) is 6.07 Å². The molecule has 7 heteroatoms. The lowest BCUT2D eigenvalue weighted by molar-refractivity contribution is -0.131. The number of benzene rings is 2. The van der Waals surface area contributed by atoms with Gasteiger partial charge in [0.15, 0.2) is 5.82 Å². The number of nitrogens with zero attached hydrogens (tertiary/aromatic N) is 3. The molecule has 6 nitrogen and oxygen atoms in total. The van der Waals surface area contributed by atoms with E-state index >= 15 is 0 Å². The molecule has 4 aromatic rings. The Bertz CT molecular complexity index is 1370. The fourth-order valence-corrected chi connectivity index (χ4v) is 4.50. The minimum Gasteiger partial charge on any atom is -0.427 e. The van der Waals surface area contributed by atoms with E-state index in [9.17, 15) is 9.59 Å². The van der Waals surface area contributed by atoms with E-state index in [4.69, 9.17) is 4.74 Å². The van der Waals surface area contributed by atoms with Crippen molar-refractivity contribution in [3.05, 3.63) is 85.9 Å². The van der Waals surface area contributed by atoms with Crippen LogP contribution in [0.3, 0.4) is 0 Å². The van der Waals surface area contributed by atoms with Crippen molar-refractivity contribution in [2.45, 2.75) is 40.0 Å². The average molecular weight is 448 g/mol. The van der Waals surface area contributed by atoms with E-state index < -0.39 is 0 Å². The van der Waals surface area contributed by atoms with Gasteiger partial charge in [-0.1, -0.05) is 68.5 Å². The van der Waals surface area contributed by atoms with Crippen LogP contribution in [-0.4, -0.2) is 20.6 Å². The largest absolute Gasteiger partial charge is 0.427 e. The van der Waals surface area contributed by atoms with E-state index in [-0.39, 0.29) is 17.4 Å². The zero-order valence-corrected chi connectivity index (χ0v) is 19.3. The molecule has 0 spiro atoms. The van der Waals surface area contributed by atoms with Gasteiger partial charge >= 0.3 is 5.97 Å². The first-order chi connectivity index (χ1) is 15.3. The van der Waals surface area contributed by atoms with Crippen molar-refractivity contribution in [1.82, 2.24) is 14.6 Å². The van der Waals surface area contributed by atoms with Crippen molar-refractivity contribution in [1.29, 1.82) is 0 Å². The van der Waals surface area contributed by atoms with Gasteiger partial charge in [-0.3, -0.25) is 9.59 Å². The third-order valence-corrected chi connectivity index (χ3v) is 6.09. The fraction of sp³-hybridized carbons (Fsp3) is 0.280. The number of carbonyl (C=O) groups is 1. The summed E-state index contributed by atoms with van der Waals surface area (Å²) in [6.45, 7) is 7.82. The Morgan fingerprint density at radius 3 is 2.56 bits per heavy atom. The van der Waals surface area contributed by atoms with Crippen molar-refractivity contribution < 1.29 is 9.53 Å². The van der Waals surface area contributed by atoms with Crippen molar-refractivity contribution in [3.8, 4) is 5.75 Å². The van der Waals surface area contributed by atoms with Gasteiger partial charge in [0.25, 0.3) is 5.56 Å².